The summed E-state index contributed by atoms with van der Waals surface area (Å²) in [4.78, 5) is 15.1. The first-order valence-corrected chi connectivity index (χ1v) is 8.88. The van der Waals surface area contributed by atoms with E-state index in [9.17, 15) is 4.79 Å². The van der Waals surface area contributed by atoms with Crippen LogP contribution in [0.3, 0.4) is 0 Å². The second-order valence-electron chi connectivity index (χ2n) is 5.75. The van der Waals surface area contributed by atoms with Gasteiger partial charge in [0.25, 0.3) is 5.91 Å². The number of carbonyl (C=O) groups is 1. The Labute approximate surface area is 145 Å². The normalized spacial score (nSPS) is 20.0. The van der Waals surface area contributed by atoms with E-state index in [-0.39, 0.29) is 5.91 Å². The van der Waals surface area contributed by atoms with Crippen LogP contribution in [0, 0.1) is 0 Å². The summed E-state index contributed by atoms with van der Waals surface area (Å²) in [5.74, 6) is 0.608. The highest BCUT2D eigenvalue weighted by molar-refractivity contribution is 7.10. The second-order valence-corrected chi connectivity index (χ2v) is 7.16. The van der Waals surface area contributed by atoms with Crippen LogP contribution < -0.4 is 15.0 Å². The van der Waals surface area contributed by atoms with Crippen LogP contribution in [0.1, 0.15) is 23.4 Å². The molecular formula is C17H20ClN2O2S+. The summed E-state index contributed by atoms with van der Waals surface area (Å²) < 4.78 is 5.12. The molecule has 0 radical (unpaired) electrons. The molecule has 0 saturated carbocycles. The van der Waals surface area contributed by atoms with E-state index in [4.69, 9.17) is 16.3 Å². The van der Waals surface area contributed by atoms with Gasteiger partial charge >= 0.3 is 0 Å². The number of methoxy groups -OCH3 is 1. The fourth-order valence-corrected chi connectivity index (χ4v) is 4.28. The lowest BCUT2D eigenvalue weighted by molar-refractivity contribution is -0.923. The predicted octanol–water partition coefficient (Wildman–Crippen LogP) is 2.55. The maximum Gasteiger partial charge on any atom is 0.279 e. The van der Waals surface area contributed by atoms with Gasteiger partial charge in [0.05, 0.1) is 18.7 Å². The van der Waals surface area contributed by atoms with Crippen molar-refractivity contribution < 1.29 is 14.4 Å². The van der Waals surface area contributed by atoms with E-state index in [1.54, 1.807) is 25.3 Å². The minimum absolute atomic E-state index is 0.00626. The molecule has 0 spiro atoms. The first kappa shape index (κ1) is 16.3. The first-order chi connectivity index (χ1) is 11.1. The predicted molar refractivity (Wildman–Crippen MR) is 93.8 cm³/mol. The van der Waals surface area contributed by atoms with Crippen LogP contribution in [-0.2, 0) is 11.2 Å². The van der Waals surface area contributed by atoms with Crippen LogP contribution in [0.25, 0.3) is 0 Å². The number of halogens is 1. The topological polar surface area (TPSA) is 42.8 Å². The van der Waals surface area contributed by atoms with Crippen molar-refractivity contribution in [2.24, 2.45) is 0 Å². The van der Waals surface area contributed by atoms with Crippen molar-refractivity contribution >= 4 is 34.5 Å². The standard InChI is InChI=1S/C17H19ClN2O2S/c1-11-13-6-8-23-16(13)5-7-20(11)10-17(21)19-12-3-4-15(22-2)14(18)9-12/h3-4,6,8-9,11H,5,7,10H2,1-2H3,(H,19,21)/p+1/t11-/m1/s1. The van der Waals surface area contributed by atoms with E-state index in [0.717, 1.165) is 13.0 Å². The molecule has 6 heteroatoms. The van der Waals surface area contributed by atoms with Gasteiger partial charge in [-0.05, 0) is 36.6 Å². The van der Waals surface area contributed by atoms with E-state index < -0.39 is 0 Å². The van der Waals surface area contributed by atoms with Crippen molar-refractivity contribution in [3.05, 3.63) is 45.1 Å². The lowest BCUT2D eigenvalue weighted by atomic mass is 10.0. The van der Waals surface area contributed by atoms with Crippen LogP contribution in [0.2, 0.25) is 5.02 Å². The molecule has 3 rings (SSSR count). The van der Waals surface area contributed by atoms with Gasteiger partial charge in [0, 0.05) is 22.5 Å². The average molecular weight is 352 g/mol. The second kappa shape index (κ2) is 6.91. The molecular weight excluding hydrogens is 332 g/mol. The Morgan fingerprint density at radius 2 is 2.30 bits per heavy atom. The smallest absolute Gasteiger partial charge is 0.279 e. The van der Waals surface area contributed by atoms with Gasteiger partial charge in [0.1, 0.15) is 11.8 Å². The number of rotatable bonds is 4. The number of thiophene rings is 1. The summed E-state index contributed by atoms with van der Waals surface area (Å²) in [7, 11) is 1.57. The molecule has 1 aromatic heterocycles. The molecule has 0 saturated heterocycles. The zero-order valence-electron chi connectivity index (χ0n) is 13.2. The summed E-state index contributed by atoms with van der Waals surface area (Å²) in [6, 6.07) is 7.81. The fourth-order valence-electron chi connectivity index (χ4n) is 3.05. The number of fused-ring (bicyclic) bond motifs is 1. The molecule has 1 amide bonds. The molecule has 2 heterocycles. The Bertz CT molecular complexity index is 716. The van der Waals surface area contributed by atoms with Crippen LogP contribution in [0.15, 0.2) is 29.6 Å². The molecule has 0 bridgehead atoms. The van der Waals surface area contributed by atoms with Gasteiger partial charge in [-0.15, -0.1) is 11.3 Å². The summed E-state index contributed by atoms with van der Waals surface area (Å²) in [6.07, 6.45) is 1.05. The number of benzene rings is 1. The first-order valence-electron chi connectivity index (χ1n) is 7.62. The van der Waals surface area contributed by atoms with Gasteiger partial charge in [0.15, 0.2) is 6.54 Å². The van der Waals surface area contributed by atoms with Gasteiger partial charge < -0.3 is 15.0 Å². The highest BCUT2D eigenvalue weighted by atomic mass is 35.5. The van der Waals surface area contributed by atoms with E-state index >= 15 is 0 Å². The summed E-state index contributed by atoms with van der Waals surface area (Å²) >= 11 is 7.91. The Hall–Kier alpha value is -1.56. The number of quaternary nitrogens is 1. The van der Waals surface area contributed by atoms with E-state index in [0.29, 0.717) is 29.0 Å². The molecule has 2 N–H and O–H groups in total. The number of anilines is 1. The molecule has 1 aromatic carbocycles. The number of nitrogens with one attached hydrogen (secondary N) is 2. The monoisotopic (exact) mass is 351 g/mol. The molecule has 0 fully saturated rings. The number of carbonyl (C=O) groups excluding carboxylic acids is 1. The molecule has 4 nitrogen and oxygen atoms in total. The van der Waals surface area contributed by atoms with Gasteiger partial charge in [-0.3, -0.25) is 4.79 Å². The SMILES string of the molecule is COc1ccc(NC(=O)C[NH+]2CCc3sccc3[C@H]2C)cc1Cl. The maximum absolute atomic E-state index is 12.3. The van der Waals surface area contributed by atoms with E-state index in [2.05, 4.69) is 23.7 Å². The van der Waals surface area contributed by atoms with Crippen molar-refractivity contribution in [1.29, 1.82) is 0 Å². The third-order valence-corrected chi connectivity index (χ3v) is 5.65. The molecule has 0 aliphatic carbocycles. The lowest BCUT2D eigenvalue weighted by Gasteiger charge is -2.29. The van der Waals surface area contributed by atoms with Crippen molar-refractivity contribution in [3.8, 4) is 5.75 Å². The van der Waals surface area contributed by atoms with Crippen LogP contribution in [-0.4, -0.2) is 26.1 Å². The minimum Gasteiger partial charge on any atom is -0.495 e. The van der Waals surface area contributed by atoms with Crippen LogP contribution in [0.4, 0.5) is 5.69 Å². The fraction of sp³-hybridized carbons (Fsp3) is 0.353. The summed E-state index contributed by atoms with van der Waals surface area (Å²) in [6.45, 7) is 3.64. The van der Waals surface area contributed by atoms with Crippen molar-refractivity contribution in [2.75, 3.05) is 25.5 Å². The van der Waals surface area contributed by atoms with E-state index in [1.807, 2.05) is 11.3 Å². The highest BCUT2D eigenvalue weighted by Gasteiger charge is 2.29. The average Bonchev–Trinajstić information content (AvgIpc) is 3.00. The van der Waals surface area contributed by atoms with Gasteiger partial charge in [0.2, 0.25) is 0 Å². The highest BCUT2D eigenvalue weighted by Crippen LogP contribution is 2.27. The zero-order chi connectivity index (χ0) is 16.4. The van der Waals surface area contributed by atoms with Crippen LogP contribution >= 0.6 is 22.9 Å². The van der Waals surface area contributed by atoms with Gasteiger partial charge in [-0.1, -0.05) is 11.6 Å². The van der Waals surface area contributed by atoms with Crippen LogP contribution in [0.5, 0.6) is 5.75 Å². The summed E-state index contributed by atoms with van der Waals surface area (Å²) in [5.41, 5.74) is 2.08. The summed E-state index contributed by atoms with van der Waals surface area (Å²) in [5, 5.41) is 5.56. The van der Waals surface area contributed by atoms with Crippen molar-refractivity contribution in [3.63, 3.8) is 0 Å². The Balaban J connectivity index is 1.63. The maximum atomic E-state index is 12.3. The molecule has 2 aromatic rings. The van der Waals surface area contributed by atoms with Gasteiger partial charge in [-0.25, -0.2) is 0 Å². The van der Waals surface area contributed by atoms with Crippen molar-refractivity contribution in [2.45, 2.75) is 19.4 Å². The third kappa shape index (κ3) is 3.52. The third-order valence-electron chi connectivity index (χ3n) is 4.36. The number of hydrogen-bond donors (Lipinski definition) is 2. The number of amides is 1. The quantitative estimate of drug-likeness (QED) is 0.889. The van der Waals surface area contributed by atoms with Crippen molar-refractivity contribution in [1.82, 2.24) is 0 Å². The molecule has 122 valence electrons. The Kier molecular flexibility index (Phi) is 4.90. The molecule has 1 aliphatic heterocycles. The number of hydrogen-bond acceptors (Lipinski definition) is 3. The largest absolute Gasteiger partial charge is 0.495 e. The molecule has 1 aliphatic rings. The Morgan fingerprint density at radius 1 is 1.48 bits per heavy atom. The minimum atomic E-state index is 0.00626. The Morgan fingerprint density at radius 3 is 3.04 bits per heavy atom. The van der Waals surface area contributed by atoms with Gasteiger partial charge in [-0.2, -0.15) is 0 Å². The van der Waals surface area contributed by atoms with E-state index in [1.165, 1.54) is 15.3 Å². The zero-order valence-corrected chi connectivity index (χ0v) is 14.8. The number of ether oxygens (including phenoxy) is 1. The lowest BCUT2D eigenvalue weighted by Crippen LogP contribution is -3.14. The molecule has 1 unspecified atom stereocenters. The molecule has 2 atom stereocenters. The molecule has 23 heavy (non-hydrogen) atoms.